The molecule has 0 radical (unpaired) electrons. The van der Waals surface area contributed by atoms with E-state index in [0.717, 1.165) is 151 Å². The van der Waals surface area contributed by atoms with Crippen LogP contribution in [0.2, 0.25) is 0 Å². The van der Waals surface area contributed by atoms with Gasteiger partial charge in [0.1, 0.15) is 46.0 Å². The molecule has 4 saturated carbocycles. The number of hydrogen-bond acceptors (Lipinski definition) is 18. The molecule has 0 bridgehead atoms. The summed E-state index contributed by atoms with van der Waals surface area (Å²) in [6.45, 7) is 0. The van der Waals surface area contributed by atoms with Crippen LogP contribution in [0.15, 0.2) is 180 Å². The Kier molecular flexibility index (Phi) is 25.0. The van der Waals surface area contributed by atoms with Gasteiger partial charge in [-0.15, -0.1) is 25.3 Å². The largest absolute Gasteiger partial charge is 0.457 e. The quantitative estimate of drug-likeness (QED) is 0.0246. The van der Waals surface area contributed by atoms with Crippen LogP contribution in [0.25, 0.3) is 43.1 Å². The number of carbonyl (C=O) groups excluding carboxylic acids is 4. The number of carbonyl (C=O) groups is 4. The Bertz CT molecular complexity index is 5800. The van der Waals surface area contributed by atoms with Gasteiger partial charge in [0.25, 0.3) is 43.9 Å². The lowest BCUT2D eigenvalue weighted by Gasteiger charge is -2.34. The summed E-state index contributed by atoms with van der Waals surface area (Å²) in [6, 6.07) is 47.3. The normalized spacial score (nSPS) is 16.4. The predicted octanol–water partition coefficient (Wildman–Crippen LogP) is 21.0. The molecule has 2 aliphatic heterocycles. The third kappa shape index (κ3) is 17.8. The fourth-order valence-electron chi connectivity index (χ4n) is 19.1. The maximum atomic E-state index is 16.9. The Balaban J connectivity index is 0.00000130. The molecule has 11 aromatic carbocycles. The molecule has 612 valence electrons. The lowest BCUT2D eigenvalue weighted by Crippen LogP contribution is -2.42. The molecule has 0 saturated heterocycles. The van der Waals surface area contributed by atoms with Gasteiger partial charge in [-0.1, -0.05) is 201 Å². The molecule has 4 amide bonds. The van der Waals surface area contributed by atoms with Crippen LogP contribution in [0.5, 0.6) is 46.0 Å². The van der Waals surface area contributed by atoms with Crippen LogP contribution in [0.3, 0.4) is 0 Å². The molecule has 0 unspecified atom stereocenters. The molecule has 22 nitrogen and oxygen atoms in total. The first-order valence-electron chi connectivity index (χ1n) is 40.8. The molecule has 4 aliphatic carbocycles. The summed E-state index contributed by atoms with van der Waals surface area (Å²) in [6.07, 6.45) is 28.8. The van der Waals surface area contributed by atoms with E-state index in [1.54, 1.807) is 48.5 Å². The number of imide groups is 2. The fourth-order valence-corrected chi connectivity index (χ4v) is 20.1. The summed E-state index contributed by atoms with van der Waals surface area (Å²) in [5.41, 5.74) is 4.99. The van der Waals surface area contributed by atoms with Crippen molar-refractivity contribution in [3.05, 3.63) is 214 Å². The van der Waals surface area contributed by atoms with Crippen molar-refractivity contribution in [2.24, 2.45) is 23.7 Å². The first-order valence-corrected chi connectivity index (χ1v) is 45.7. The van der Waals surface area contributed by atoms with Crippen molar-refractivity contribution in [3.8, 4) is 46.0 Å². The molecule has 2 N–H and O–H groups in total. The molecular formula is C92H90N2O20S4. The van der Waals surface area contributed by atoms with Gasteiger partial charge in [0.05, 0.1) is 43.4 Å². The number of para-hydroxylation sites is 4. The van der Waals surface area contributed by atoms with Gasteiger partial charge in [-0.05, 0) is 194 Å². The molecule has 0 spiro atoms. The van der Waals surface area contributed by atoms with Gasteiger partial charge in [-0.25, -0.2) is 9.80 Å². The maximum absolute atomic E-state index is 16.9. The highest BCUT2D eigenvalue weighted by Gasteiger charge is 2.44. The van der Waals surface area contributed by atoms with E-state index in [0.29, 0.717) is 72.2 Å². The van der Waals surface area contributed by atoms with Crippen LogP contribution in [0, 0.1) is 23.7 Å². The minimum absolute atomic E-state index is 0.000835. The van der Waals surface area contributed by atoms with Crippen molar-refractivity contribution in [3.63, 3.8) is 0 Å². The Labute approximate surface area is 687 Å². The van der Waals surface area contributed by atoms with Gasteiger partial charge in [0.2, 0.25) is 0 Å². The van der Waals surface area contributed by atoms with Crippen LogP contribution in [-0.2, 0) is 67.1 Å². The van der Waals surface area contributed by atoms with Crippen LogP contribution < -0.4 is 28.7 Å². The van der Waals surface area contributed by atoms with Crippen molar-refractivity contribution in [1.82, 2.24) is 0 Å². The van der Waals surface area contributed by atoms with Crippen molar-refractivity contribution in [2.45, 2.75) is 190 Å². The van der Waals surface area contributed by atoms with E-state index >= 15 is 19.2 Å². The molecule has 0 aromatic heterocycles. The summed E-state index contributed by atoms with van der Waals surface area (Å²) < 4.78 is 151. The monoisotopic (exact) mass is 1670 g/mol. The molecule has 2 heterocycles. The number of fused-ring (bicyclic) bond motifs is 2. The molecular weight excluding hydrogens is 1580 g/mol. The molecule has 118 heavy (non-hydrogen) atoms. The van der Waals surface area contributed by atoms with Gasteiger partial charge in [-0.2, -0.15) is 16.8 Å². The number of rotatable bonds is 24. The topological polar surface area (TPSA) is 323 Å². The van der Waals surface area contributed by atoms with E-state index in [1.165, 1.54) is 84.0 Å². The number of ether oxygens (including phenoxy) is 4. The van der Waals surface area contributed by atoms with E-state index in [4.69, 9.17) is 44.2 Å². The molecule has 6 aliphatic rings. The van der Waals surface area contributed by atoms with Gasteiger partial charge >= 0.3 is 21.2 Å². The Morgan fingerprint density at radius 2 is 0.525 bits per heavy atom. The molecule has 4 fully saturated rings. The number of hydrogen-bond donors (Lipinski definition) is 2. The first kappa shape index (κ1) is 82.4. The zero-order valence-electron chi connectivity index (χ0n) is 65.0. The Morgan fingerprint density at radius 3 is 0.754 bits per heavy atom. The first-order chi connectivity index (χ1) is 56.9. The molecule has 0 atom stereocenters. The van der Waals surface area contributed by atoms with Gasteiger partial charge < -0.3 is 18.9 Å². The van der Waals surface area contributed by atoms with Gasteiger partial charge in [0.15, 0.2) is 0 Å². The second-order valence-corrected chi connectivity index (χ2v) is 35.6. The third-order valence-corrected chi connectivity index (χ3v) is 26.3. The lowest BCUT2D eigenvalue weighted by molar-refractivity contribution is 0.0877. The van der Waals surface area contributed by atoms with Gasteiger partial charge in [0, 0.05) is 43.1 Å². The second kappa shape index (κ2) is 35.8. The van der Waals surface area contributed by atoms with Crippen LogP contribution >= 0.6 is 0 Å². The SMILES string of the molecule is O=C1c2cc(Oc3ccccc3)c3c4c(Oc5ccc(S(=O)(=O)O)cc5)cc5c6c(cc(Oc7ccc(S(=O)(=O)O)cc7)c(c7c(Oc8ccccc8)cc(c2c37)C(=O)N1c1c(CCC2CCCCC2)cccc1CCC1CCCCC1)c64)C(=O)N(c1c(CCC2CCCCC2)cccc1CCC1CCCCC1)C5=O.O=S(=O)=O.O=S(=O)=O. The highest BCUT2D eigenvalue weighted by molar-refractivity contribution is 7.86. The molecule has 26 heteroatoms. The zero-order chi connectivity index (χ0) is 82.5. The number of nitrogens with zero attached hydrogens (tertiary/aromatic N) is 2. The summed E-state index contributed by atoms with van der Waals surface area (Å²) in [4.78, 5) is 69.6. The predicted molar refractivity (Wildman–Crippen MR) is 447 cm³/mol. The van der Waals surface area contributed by atoms with Crippen LogP contribution in [-0.4, -0.2) is 74.8 Å². The average Bonchev–Trinajstić information content (AvgIpc) is 0.669. The van der Waals surface area contributed by atoms with Crippen molar-refractivity contribution in [1.29, 1.82) is 0 Å². The average molecular weight is 1670 g/mol. The number of anilines is 2. The van der Waals surface area contributed by atoms with Crippen LogP contribution in [0.4, 0.5) is 11.4 Å². The van der Waals surface area contributed by atoms with Gasteiger partial charge in [-0.3, -0.25) is 28.3 Å². The minimum atomic E-state index is -4.71. The highest BCUT2D eigenvalue weighted by Crippen LogP contribution is 2.59. The van der Waals surface area contributed by atoms with E-state index in [1.807, 2.05) is 54.6 Å². The number of amides is 4. The van der Waals surface area contributed by atoms with Crippen molar-refractivity contribution in [2.75, 3.05) is 9.80 Å². The number of aryl methyl sites for hydroxylation is 4. The lowest BCUT2D eigenvalue weighted by atomic mass is 9.80. The third-order valence-electron chi connectivity index (χ3n) is 24.6. The smallest absolute Gasteiger partial charge is 0.425 e. The second-order valence-electron chi connectivity index (χ2n) is 31.9. The Hall–Kier alpha value is -10.7. The van der Waals surface area contributed by atoms with E-state index in [-0.39, 0.29) is 99.8 Å². The van der Waals surface area contributed by atoms with E-state index < -0.39 is 74.9 Å². The zero-order valence-corrected chi connectivity index (χ0v) is 68.3. The highest BCUT2D eigenvalue weighted by atomic mass is 32.2. The standard InChI is InChI=1S/C92H90N2O14S2.2O3S/c95-89-71-53-75(105-65-33-15-5-16-34-65)81-83-77(107-67-45-49-69(50-46-67)109(99,100)101)55-73-80-74(92(98)94(91(73)97)88-63(43-39-59-25-11-3-12-26-59)31-20-32-64(88)44-40-60-27-13-4-14-28-60)56-78(108-68-47-51-70(52-48-68)110(102,103)104)84(86(80)83)82-76(106-66-35-17-6-18-36-66)54-72(79(71)85(81)82)90(96)93(89)87-61(41-37-57-21-7-1-8-22-57)29-19-30-62(87)42-38-58-23-9-2-10-24-58;2*1-4(2)3/h5-6,15-20,29-36,45-60H,1-4,7-14,21-28,37-44H2,(H,99,100,101)(H,102,103,104);;. The van der Waals surface area contributed by atoms with Crippen LogP contribution in [0.1, 0.15) is 218 Å². The summed E-state index contributed by atoms with van der Waals surface area (Å²) in [5, 5.41) is 1.91. The summed E-state index contributed by atoms with van der Waals surface area (Å²) in [7, 11) is -15.6. The fraction of sp³-hybridized carbons (Fsp3) is 0.348. The Morgan fingerprint density at radius 1 is 0.297 bits per heavy atom. The molecule has 17 rings (SSSR count). The molecule has 11 aromatic rings. The number of benzene rings is 11. The van der Waals surface area contributed by atoms with Crippen molar-refractivity contribution >= 4 is 120 Å². The van der Waals surface area contributed by atoms with E-state index in [9.17, 15) is 25.9 Å². The minimum Gasteiger partial charge on any atom is -0.457 e. The maximum Gasteiger partial charge on any atom is 0.425 e. The van der Waals surface area contributed by atoms with Crippen molar-refractivity contribution < 1.29 is 89.3 Å². The van der Waals surface area contributed by atoms with E-state index in [2.05, 4.69) is 18.2 Å². The summed E-state index contributed by atoms with van der Waals surface area (Å²) >= 11 is 0. The summed E-state index contributed by atoms with van der Waals surface area (Å²) in [5.74, 6) is 0.524.